The van der Waals surface area contributed by atoms with Gasteiger partial charge in [0.15, 0.2) is 0 Å². The van der Waals surface area contributed by atoms with Crippen molar-refractivity contribution in [3.8, 4) is 11.6 Å². The summed E-state index contributed by atoms with van der Waals surface area (Å²) in [5.74, 6) is -2.82. The molecule has 98 valence electrons. The van der Waals surface area contributed by atoms with E-state index in [1.807, 2.05) is 0 Å². The average molecular weight is 268 g/mol. The van der Waals surface area contributed by atoms with Crippen LogP contribution in [0.15, 0.2) is 24.4 Å². The molecule has 2 aromatic rings. The van der Waals surface area contributed by atoms with Crippen molar-refractivity contribution in [2.75, 3.05) is 5.73 Å². The van der Waals surface area contributed by atoms with Crippen molar-refractivity contribution in [1.82, 2.24) is 9.97 Å². The lowest BCUT2D eigenvalue weighted by atomic mass is 10.3. The van der Waals surface area contributed by atoms with Crippen LogP contribution in [0.2, 0.25) is 0 Å². The van der Waals surface area contributed by atoms with Crippen LogP contribution in [0, 0.1) is 21.7 Å². The van der Waals surface area contributed by atoms with E-state index in [1.165, 1.54) is 0 Å². The summed E-state index contributed by atoms with van der Waals surface area (Å²) in [6, 6.07) is 2.34. The molecule has 0 saturated carbocycles. The number of aromatic nitrogens is 2. The molecule has 2 rings (SSSR count). The molecule has 0 saturated heterocycles. The van der Waals surface area contributed by atoms with Gasteiger partial charge in [-0.15, -0.1) is 0 Å². The summed E-state index contributed by atoms with van der Waals surface area (Å²) in [7, 11) is 0. The van der Waals surface area contributed by atoms with Crippen molar-refractivity contribution in [2.24, 2.45) is 0 Å². The van der Waals surface area contributed by atoms with Crippen LogP contribution in [0.5, 0.6) is 11.6 Å². The predicted molar refractivity (Wildman–Crippen MR) is 59.5 cm³/mol. The minimum atomic E-state index is -0.889. The van der Waals surface area contributed by atoms with Gasteiger partial charge < -0.3 is 10.5 Å². The van der Waals surface area contributed by atoms with Crippen molar-refractivity contribution in [3.05, 3.63) is 46.1 Å². The van der Waals surface area contributed by atoms with Crippen molar-refractivity contribution >= 4 is 11.6 Å². The molecule has 1 aromatic carbocycles. The van der Waals surface area contributed by atoms with E-state index in [0.717, 1.165) is 18.3 Å². The fourth-order valence-electron chi connectivity index (χ4n) is 1.27. The van der Waals surface area contributed by atoms with E-state index in [9.17, 15) is 18.9 Å². The topological polar surface area (TPSA) is 104 Å². The van der Waals surface area contributed by atoms with Crippen LogP contribution >= 0.6 is 0 Å². The first-order valence-corrected chi connectivity index (χ1v) is 4.86. The van der Waals surface area contributed by atoms with Crippen LogP contribution in [0.3, 0.4) is 0 Å². The third-order valence-electron chi connectivity index (χ3n) is 2.00. The lowest BCUT2D eigenvalue weighted by Crippen LogP contribution is -2.01. The number of benzene rings is 1. The van der Waals surface area contributed by atoms with E-state index in [-0.39, 0.29) is 11.7 Å². The first-order valence-electron chi connectivity index (χ1n) is 4.86. The van der Waals surface area contributed by atoms with Gasteiger partial charge in [-0.25, -0.2) is 13.8 Å². The monoisotopic (exact) mass is 268 g/mol. The molecule has 1 heterocycles. The zero-order chi connectivity index (χ0) is 14.0. The summed E-state index contributed by atoms with van der Waals surface area (Å²) < 4.78 is 30.9. The van der Waals surface area contributed by atoms with Crippen molar-refractivity contribution < 1.29 is 18.4 Å². The molecule has 0 radical (unpaired) electrons. The smallest absolute Gasteiger partial charge is 0.349 e. The van der Waals surface area contributed by atoms with Gasteiger partial charge in [-0.05, 0) is 0 Å². The number of nitrogens with two attached hydrogens (primary N) is 1. The number of anilines is 1. The first-order chi connectivity index (χ1) is 8.95. The Morgan fingerprint density at radius 2 is 1.89 bits per heavy atom. The number of nitro groups is 1. The fraction of sp³-hybridized carbons (Fsp3) is 0. The van der Waals surface area contributed by atoms with Crippen molar-refractivity contribution in [1.29, 1.82) is 0 Å². The highest BCUT2D eigenvalue weighted by Gasteiger charge is 2.19. The van der Waals surface area contributed by atoms with E-state index in [4.69, 9.17) is 10.5 Å². The molecule has 0 aliphatic rings. The summed E-state index contributed by atoms with van der Waals surface area (Å²) in [6.45, 7) is 0. The maximum Gasteiger partial charge on any atom is 0.349 e. The average Bonchev–Trinajstić information content (AvgIpc) is 2.26. The summed E-state index contributed by atoms with van der Waals surface area (Å²) in [5, 5.41) is 10.7. The molecule has 0 fully saturated rings. The molecule has 2 N–H and O–H groups in total. The normalized spacial score (nSPS) is 10.2. The maximum atomic E-state index is 13.0. The molecular formula is C10H6F2N4O3. The third kappa shape index (κ3) is 2.89. The Balaban J connectivity index is 2.42. The van der Waals surface area contributed by atoms with Crippen molar-refractivity contribution in [3.63, 3.8) is 0 Å². The summed E-state index contributed by atoms with van der Waals surface area (Å²) in [5.41, 5.74) is 4.70. The minimum absolute atomic E-state index is 0.266. The number of halogens is 2. The van der Waals surface area contributed by atoms with Gasteiger partial charge in [-0.1, -0.05) is 0 Å². The lowest BCUT2D eigenvalue weighted by molar-refractivity contribution is -0.386. The number of ether oxygens (including phenoxy) is 1. The van der Waals surface area contributed by atoms with Gasteiger partial charge in [0.05, 0.1) is 4.92 Å². The Bertz CT molecular complexity index is 630. The molecule has 0 bridgehead atoms. The van der Waals surface area contributed by atoms with E-state index >= 15 is 0 Å². The number of nitrogens with zero attached hydrogens (tertiary/aromatic N) is 3. The molecule has 9 heteroatoms. The second kappa shape index (κ2) is 4.80. The molecule has 19 heavy (non-hydrogen) atoms. The Morgan fingerprint density at radius 1 is 1.26 bits per heavy atom. The van der Waals surface area contributed by atoms with Crippen LogP contribution < -0.4 is 10.5 Å². The van der Waals surface area contributed by atoms with Gasteiger partial charge in [0, 0.05) is 18.2 Å². The fourth-order valence-corrected chi connectivity index (χ4v) is 1.27. The Hall–Kier alpha value is -2.84. The highest BCUT2D eigenvalue weighted by molar-refractivity contribution is 5.44. The molecule has 0 atom stereocenters. The predicted octanol–water partition coefficient (Wildman–Crippen LogP) is 2.04. The summed E-state index contributed by atoms with van der Waals surface area (Å²) >= 11 is 0. The quantitative estimate of drug-likeness (QED) is 0.674. The number of hydrogen-bond donors (Lipinski definition) is 1. The number of hydrogen-bond acceptors (Lipinski definition) is 6. The van der Waals surface area contributed by atoms with E-state index in [1.54, 1.807) is 0 Å². The van der Waals surface area contributed by atoms with E-state index in [2.05, 4.69) is 9.97 Å². The summed E-state index contributed by atoms with van der Waals surface area (Å²) in [4.78, 5) is 16.9. The van der Waals surface area contributed by atoms with Gasteiger partial charge in [-0.2, -0.15) is 4.98 Å². The molecule has 1 aromatic heterocycles. The molecule has 7 nitrogen and oxygen atoms in total. The molecule has 0 aliphatic carbocycles. The van der Waals surface area contributed by atoms with Crippen LogP contribution in [-0.4, -0.2) is 14.9 Å². The Labute approximate surface area is 104 Å². The van der Waals surface area contributed by atoms with Gasteiger partial charge in [-0.3, -0.25) is 10.1 Å². The third-order valence-corrected chi connectivity index (χ3v) is 2.00. The second-order valence-corrected chi connectivity index (χ2v) is 3.38. The van der Waals surface area contributed by atoms with Gasteiger partial charge in [0.1, 0.15) is 23.6 Å². The van der Waals surface area contributed by atoms with Crippen LogP contribution in [-0.2, 0) is 0 Å². The summed E-state index contributed by atoms with van der Waals surface area (Å²) in [6.07, 6.45) is 0.841. The SMILES string of the molecule is Nc1ncc([N+](=O)[O-])c(Oc2cc(F)cc(F)c2)n1. The Kier molecular flexibility index (Phi) is 3.19. The van der Waals surface area contributed by atoms with Crippen molar-refractivity contribution in [2.45, 2.75) is 0 Å². The molecular weight excluding hydrogens is 262 g/mol. The molecule has 0 amide bonds. The largest absolute Gasteiger partial charge is 0.433 e. The zero-order valence-electron chi connectivity index (χ0n) is 9.21. The zero-order valence-corrected chi connectivity index (χ0v) is 9.21. The van der Waals surface area contributed by atoms with Crippen LogP contribution in [0.25, 0.3) is 0 Å². The standard InChI is InChI=1S/C10H6F2N4O3/c11-5-1-6(12)3-7(2-5)19-9-8(16(17)18)4-14-10(13)15-9/h1-4H,(H2,13,14,15). The molecule has 0 unspecified atom stereocenters. The van der Waals surface area contributed by atoms with Gasteiger partial charge >= 0.3 is 11.6 Å². The van der Waals surface area contributed by atoms with Gasteiger partial charge in [0.2, 0.25) is 5.95 Å². The first kappa shape index (κ1) is 12.6. The highest BCUT2D eigenvalue weighted by atomic mass is 19.1. The minimum Gasteiger partial charge on any atom is -0.433 e. The molecule has 0 aliphatic heterocycles. The van der Waals surface area contributed by atoms with Crippen LogP contribution in [0.1, 0.15) is 0 Å². The van der Waals surface area contributed by atoms with E-state index in [0.29, 0.717) is 6.07 Å². The second-order valence-electron chi connectivity index (χ2n) is 3.38. The Morgan fingerprint density at radius 3 is 2.47 bits per heavy atom. The number of nitrogen functional groups attached to an aromatic ring is 1. The lowest BCUT2D eigenvalue weighted by Gasteiger charge is -2.05. The number of rotatable bonds is 3. The van der Waals surface area contributed by atoms with Gasteiger partial charge in [0.25, 0.3) is 0 Å². The van der Waals surface area contributed by atoms with Crippen LogP contribution in [0.4, 0.5) is 20.4 Å². The highest BCUT2D eigenvalue weighted by Crippen LogP contribution is 2.29. The van der Waals surface area contributed by atoms with E-state index < -0.39 is 28.1 Å². The maximum absolute atomic E-state index is 13.0. The molecule has 0 spiro atoms.